The van der Waals surface area contributed by atoms with Crippen molar-refractivity contribution in [2.75, 3.05) is 70.3 Å². The monoisotopic (exact) mass is 506 g/mol. The Hall–Kier alpha value is -1.48. The fraction of sp³-hybridized carbons (Fsp3) is 0.630. The molecule has 0 aromatic heterocycles. The molecule has 0 amide bonds. The molecule has 5 rings (SSSR count). The van der Waals surface area contributed by atoms with Gasteiger partial charge in [0.1, 0.15) is 0 Å². The lowest BCUT2D eigenvalue weighted by molar-refractivity contribution is -0.137. The van der Waals surface area contributed by atoms with Crippen molar-refractivity contribution in [3.63, 3.8) is 0 Å². The Labute approximate surface area is 211 Å². The zero-order valence-electron chi connectivity index (χ0n) is 20.5. The second kappa shape index (κ2) is 11.3. The first-order valence-corrected chi connectivity index (χ1v) is 14.0. The van der Waals surface area contributed by atoms with E-state index in [1.165, 1.54) is 62.5 Å². The lowest BCUT2D eigenvalue weighted by atomic mass is 10.1. The Bertz CT molecular complexity index is 931. The number of thioether (sulfide) groups is 1. The minimum Gasteiger partial charge on any atom is -0.340 e. The maximum absolute atomic E-state index is 13.4. The molecule has 0 atom stereocenters. The van der Waals surface area contributed by atoms with Gasteiger partial charge in [0.05, 0.1) is 16.9 Å². The van der Waals surface area contributed by atoms with E-state index >= 15 is 0 Å². The fourth-order valence-corrected chi connectivity index (χ4v) is 6.82. The predicted molar refractivity (Wildman–Crippen MR) is 138 cm³/mol. The first-order chi connectivity index (χ1) is 17.0. The van der Waals surface area contributed by atoms with Gasteiger partial charge in [0.25, 0.3) is 0 Å². The van der Waals surface area contributed by atoms with Crippen LogP contribution in [-0.2, 0) is 6.18 Å². The van der Waals surface area contributed by atoms with E-state index in [0.29, 0.717) is 5.69 Å². The van der Waals surface area contributed by atoms with Crippen molar-refractivity contribution in [1.82, 2.24) is 14.7 Å². The number of halogens is 3. The summed E-state index contributed by atoms with van der Waals surface area (Å²) in [6, 6.07) is 4.20. The maximum atomic E-state index is 13.4. The van der Waals surface area contributed by atoms with Gasteiger partial charge >= 0.3 is 6.18 Å². The van der Waals surface area contributed by atoms with Crippen LogP contribution in [0.2, 0.25) is 0 Å². The molecule has 3 aliphatic heterocycles. The number of fused-ring (bicyclic) bond motifs is 2. The van der Waals surface area contributed by atoms with Gasteiger partial charge in [0.15, 0.2) is 0 Å². The summed E-state index contributed by atoms with van der Waals surface area (Å²) in [5.41, 5.74) is 1.24. The first kappa shape index (κ1) is 25.2. The molecule has 4 aliphatic rings. The molecular weight excluding hydrogens is 469 g/mol. The first-order valence-electron chi connectivity index (χ1n) is 13.2. The van der Waals surface area contributed by atoms with Crippen LogP contribution in [0.3, 0.4) is 0 Å². The summed E-state index contributed by atoms with van der Waals surface area (Å²) in [5, 5.41) is 0. The zero-order chi connectivity index (χ0) is 24.3. The molecule has 3 heterocycles. The smallest absolute Gasteiger partial charge is 0.340 e. The molecule has 192 valence electrons. The van der Waals surface area contributed by atoms with E-state index in [1.54, 1.807) is 17.8 Å². The number of benzene rings is 1. The predicted octanol–water partition coefficient (Wildman–Crippen LogP) is 5.67. The highest BCUT2D eigenvalue weighted by molar-refractivity contribution is 8.03. The Morgan fingerprint density at radius 3 is 2.00 bits per heavy atom. The van der Waals surface area contributed by atoms with Crippen molar-refractivity contribution in [1.29, 1.82) is 0 Å². The van der Waals surface area contributed by atoms with Crippen LogP contribution < -0.4 is 4.90 Å². The second-order valence-electron chi connectivity index (χ2n) is 10.1. The van der Waals surface area contributed by atoms with Gasteiger partial charge < -0.3 is 19.6 Å². The van der Waals surface area contributed by atoms with E-state index < -0.39 is 11.7 Å². The van der Waals surface area contributed by atoms with Crippen LogP contribution in [0.5, 0.6) is 0 Å². The number of hydrogen-bond donors (Lipinski definition) is 0. The average molecular weight is 507 g/mol. The van der Waals surface area contributed by atoms with Gasteiger partial charge in [-0.1, -0.05) is 23.9 Å². The van der Waals surface area contributed by atoms with Crippen LogP contribution in [0.1, 0.15) is 44.1 Å². The highest BCUT2D eigenvalue weighted by atomic mass is 32.2. The summed E-state index contributed by atoms with van der Waals surface area (Å²) in [6.45, 7) is 11.1. The van der Waals surface area contributed by atoms with Gasteiger partial charge in [-0.15, -0.1) is 0 Å². The van der Waals surface area contributed by atoms with Gasteiger partial charge in [-0.25, -0.2) is 0 Å². The molecule has 0 spiro atoms. The SMILES string of the molecule is FC(F)(F)c1ccc2c(c1)N(CCCN1CCN(CCCN3CCCC3)CC1)C1=CCCC=C1S2. The Morgan fingerprint density at radius 2 is 1.34 bits per heavy atom. The van der Waals surface area contributed by atoms with Crippen LogP contribution in [0.4, 0.5) is 18.9 Å². The summed E-state index contributed by atoms with van der Waals surface area (Å²) < 4.78 is 40.3. The Kier molecular flexibility index (Phi) is 8.12. The summed E-state index contributed by atoms with van der Waals surface area (Å²) >= 11 is 1.60. The number of allylic oxidation sites excluding steroid dienone is 2. The molecule has 2 saturated heterocycles. The van der Waals surface area contributed by atoms with Crippen molar-refractivity contribution in [2.45, 2.75) is 49.6 Å². The van der Waals surface area contributed by atoms with Gasteiger partial charge in [-0.05, 0) is 89.4 Å². The lowest BCUT2D eigenvalue weighted by Crippen LogP contribution is -2.47. The molecule has 35 heavy (non-hydrogen) atoms. The van der Waals surface area contributed by atoms with E-state index in [1.807, 2.05) is 0 Å². The normalized spacial score (nSPS) is 22.1. The van der Waals surface area contributed by atoms with Crippen molar-refractivity contribution >= 4 is 17.4 Å². The second-order valence-corrected chi connectivity index (χ2v) is 11.2. The molecular formula is C27H37F3N4S. The number of likely N-dealkylation sites (tertiary alicyclic amines) is 1. The van der Waals surface area contributed by atoms with Crippen LogP contribution in [0, 0.1) is 0 Å². The van der Waals surface area contributed by atoms with Crippen molar-refractivity contribution < 1.29 is 13.2 Å². The maximum Gasteiger partial charge on any atom is 0.416 e. The minimum absolute atomic E-state index is 0.563. The van der Waals surface area contributed by atoms with Crippen molar-refractivity contribution in [3.05, 3.63) is 46.5 Å². The van der Waals surface area contributed by atoms with E-state index in [9.17, 15) is 13.2 Å². The molecule has 0 radical (unpaired) electrons. The zero-order valence-corrected chi connectivity index (χ0v) is 21.3. The minimum atomic E-state index is -4.32. The number of piperazine rings is 1. The molecule has 0 unspecified atom stereocenters. The van der Waals surface area contributed by atoms with E-state index in [4.69, 9.17) is 0 Å². The molecule has 0 bridgehead atoms. The van der Waals surface area contributed by atoms with E-state index in [-0.39, 0.29) is 0 Å². The van der Waals surface area contributed by atoms with Crippen molar-refractivity contribution in [2.24, 2.45) is 0 Å². The highest BCUT2D eigenvalue weighted by Crippen LogP contribution is 2.49. The Morgan fingerprint density at radius 1 is 0.743 bits per heavy atom. The third-order valence-corrected chi connectivity index (χ3v) is 8.80. The quantitative estimate of drug-likeness (QED) is 0.449. The summed E-state index contributed by atoms with van der Waals surface area (Å²) in [6.07, 6.45) is 6.98. The summed E-state index contributed by atoms with van der Waals surface area (Å²) in [7, 11) is 0. The lowest BCUT2D eigenvalue weighted by Gasteiger charge is -2.38. The van der Waals surface area contributed by atoms with E-state index in [0.717, 1.165) is 69.1 Å². The van der Waals surface area contributed by atoms with Crippen LogP contribution in [0.25, 0.3) is 0 Å². The van der Waals surface area contributed by atoms with Gasteiger partial charge in [-0.3, -0.25) is 0 Å². The van der Waals surface area contributed by atoms with Gasteiger partial charge in [0, 0.05) is 42.5 Å². The molecule has 0 saturated carbocycles. The van der Waals surface area contributed by atoms with E-state index in [2.05, 4.69) is 31.8 Å². The molecule has 1 aliphatic carbocycles. The van der Waals surface area contributed by atoms with Gasteiger partial charge in [-0.2, -0.15) is 13.2 Å². The number of nitrogens with zero attached hydrogens (tertiary/aromatic N) is 4. The standard InChI is InChI=1S/C27H37F3N4S/c28-27(29,30)22-9-10-26-24(21-22)34(23-7-1-2-8-25(23)35-26)16-6-15-33-19-17-32(18-20-33)14-5-13-31-11-3-4-12-31/h7-10,21H,1-6,11-20H2. The number of rotatable bonds is 8. The van der Waals surface area contributed by atoms with Crippen molar-refractivity contribution in [3.8, 4) is 0 Å². The summed E-state index contributed by atoms with van der Waals surface area (Å²) in [4.78, 5) is 12.0. The topological polar surface area (TPSA) is 13.0 Å². The van der Waals surface area contributed by atoms with Crippen LogP contribution in [-0.4, -0.2) is 80.1 Å². The average Bonchev–Trinajstić information content (AvgIpc) is 3.37. The largest absolute Gasteiger partial charge is 0.416 e. The third kappa shape index (κ3) is 6.27. The molecule has 1 aromatic rings. The third-order valence-electron chi connectivity index (χ3n) is 7.64. The number of anilines is 1. The fourth-order valence-electron chi connectivity index (χ4n) is 5.67. The molecule has 2 fully saturated rings. The molecule has 4 nitrogen and oxygen atoms in total. The molecule has 8 heteroatoms. The number of hydrogen-bond acceptors (Lipinski definition) is 5. The van der Waals surface area contributed by atoms with Crippen LogP contribution >= 0.6 is 11.8 Å². The van der Waals surface area contributed by atoms with Gasteiger partial charge in [0.2, 0.25) is 0 Å². The number of alkyl halides is 3. The molecule has 0 N–H and O–H groups in total. The Balaban J connectivity index is 1.14. The van der Waals surface area contributed by atoms with Crippen LogP contribution in [0.15, 0.2) is 45.8 Å². The molecule has 1 aromatic carbocycles. The summed E-state index contributed by atoms with van der Waals surface area (Å²) in [5.74, 6) is 0. The highest BCUT2D eigenvalue weighted by Gasteiger charge is 2.34.